The number of carbonyl (C=O) groups excluding carboxylic acids is 1. The maximum Gasteiger partial charge on any atom is 0.309 e. The standard InChI is InChI=1S/C11H18O3/c1-7(12)8-5-6-11(4,9(13)14)10(8,2)3/h8H,5-6H2,1-4H3,(H,13,14)/t8-,11+/m0/s1. The van der Waals surface area contributed by atoms with Crippen LogP contribution in [0, 0.1) is 16.7 Å². The van der Waals surface area contributed by atoms with Crippen molar-refractivity contribution in [3.05, 3.63) is 0 Å². The monoisotopic (exact) mass is 198 g/mol. The molecular weight excluding hydrogens is 180 g/mol. The van der Waals surface area contributed by atoms with Crippen LogP contribution in [0.25, 0.3) is 0 Å². The van der Waals surface area contributed by atoms with E-state index in [4.69, 9.17) is 0 Å². The van der Waals surface area contributed by atoms with E-state index in [1.165, 1.54) is 0 Å². The van der Waals surface area contributed by atoms with E-state index in [0.29, 0.717) is 12.8 Å². The zero-order valence-corrected chi connectivity index (χ0v) is 9.26. The molecule has 0 saturated heterocycles. The quantitative estimate of drug-likeness (QED) is 0.739. The molecule has 1 rings (SSSR count). The third-order valence-electron chi connectivity index (χ3n) is 4.19. The van der Waals surface area contributed by atoms with Gasteiger partial charge in [0.15, 0.2) is 0 Å². The lowest BCUT2D eigenvalue weighted by Crippen LogP contribution is -2.42. The molecule has 3 nitrogen and oxygen atoms in total. The Hall–Kier alpha value is -0.860. The average Bonchev–Trinajstić information content (AvgIpc) is 2.24. The van der Waals surface area contributed by atoms with E-state index in [2.05, 4.69) is 0 Å². The third kappa shape index (κ3) is 1.26. The van der Waals surface area contributed by atoms with Crippen molar-refractivity contribution in [1.29, 1.82) is 0 Å². The number of carbonyl (C=O) groups is 2. The van der Waals surface area contributed by atoms with Crippen molar-refractivity contribution in [3.8, 4) is 0 Å². The van der Waals surface area contributed by atoms with E-state index in [1.54, 1.807) is 13.8 Å². The molecule has 0 aromatic rings. The van der Waals surface area contributed by atoms with Crippen LogP contribution in [0.15, 0.2) is 0 Å². The fourth-order valence-electron chi connectivity index (χ4n) is 2.59. The first-order valence-electron chi connectivity index (χ1n) is 4.97. The van der Waals surface area contributed by atoms with Gasteiger partial charge in [0, 0.05) is 5.92 Å². The first-order valence-corrected chi connectivity index (χ1v) is 4.97. The van der Waals surface area contributed by atoms with Crippen molar-refractivity contribution < 1.29 is 14.7 Å². The van der Waals surface area contributed by atoms with Gasteiger partial charge >= 0.3 is 5.97 Å². The predicted molar refractivity (Wildman–Crippen MR) is 52.9 cm³/mol. The molecule has 0 bridgehead atoms. The zero-order chi connectivity index (χ0) is 11.1. The minimum absolute atomic E-state index is 0.108. The van der Waals surface area contributed by atoms with Gasteiger partial charge in [-0.15, -0.1) is 0 Å². The summed E-state index contributed by atoms with van der Waals surface area (Å²) in [7, 11) is 0. The molecule has 0 aliphatic heterocycles. The van der Waals surface area contributed by atoms with E-state index in [-0.39, 0.29) is 11.7 Å². The minimum Gasteiger partial charge on any atom is -0.481 e. The Labute approximate surface area is 84.5 Å². The van der Waals surface area contributed by atoms with E-state index in [9.17, 15) is 14.7 Å². The van der Waals surface area contributed by atoms with Gasteiger partial charge in [0.1, 0.15) is 5.78 Å². The molecule has 1 fully saturated rings. The van der Waals surface area contributed by atoms with Gasteiger partial charge in [0.05, 0.1) is 5.41 Å². The van der Waals surface area contributed by atoms with Crippen LogP contribution in [0.2, 0.25) is 0 Å². The van der Waals surface area contributed by atoms with Crippen LogP contribution in [-0.4, -0.2) is 16.9 Å². The number of aliphatic carboxylic acids is 1. The summed E-state index contributed by atoms with van der Waals surface area (Å²) < 4.78 is 0. The fourth-order valence-corrected chi connectivity index (χ4v) is 2.59. The van der Waals surface area contributed by atoms with E-state index < -0.39 is 16.8 Å². The third-order valence-corrected chi connectivity index (χ3v) is 4.19. The van der Waals surface area contributed by atoms with Crippen molar-refractivity contribution in [2.24, 2.45) is 16.7 Å². The first kappa shape index (κ1) is 11.2. The second-order valence-corrected chi connectivity index (χ2v) is 5.06. The van der Waals surface area contributed by atoms with Gasteiger partial charge in [-0.1, -0.05) is 13.8 Å². The Morgan fingerprint density at radius 3 is 2.00 bits per heavy atom. The highest BCUT2D eigenvalue weighted by Crippen LogP contribution is 2.56. The van der Waals surface area contributed by atoms with Crippen molar-refractivity contribution in [2.75, 3.05) is 0 Å². The lowest BCUT2D eigenvalue weighted by Gasteiger charge is -2.37. The lowest BCUT2D eigenvalue weighted by molar-refractivity contribution is -0.154. The second-order valence-electron chi connectivity index (χ2n) is 5.06. The summed E-state index contributed by atoms with van der Waals surface area (Å²) >= 11 is 0. The summed E-state index contributed by atoms with van der Waals surface area (Å²) in [5.41, 5.74) is -1.20. The summed E-state index contributed by atoms with van der Waals surface area (Å²) in [5.74, 6) is -0.783. The molecule has 1 aliphatic rings. The van der Waals surface area contributed by atoms with Crippen molar-refractivity contribution in [2.45, 2.75) is 40.5 Å². The average molecular weight is 198 g/mol. The van der Waals surface area contributed by atoms with Crippen molar-refractivity contribution >= 4 is 11.8 Å². The molecule has 80 valence electrons. The molecule has 0 spiro atoms. The Morgan fingerprint density at radius 2 is 1.79 bits per heavy atom. The highest BCUT2D eigenvalue weighted by atomic mass is 16.4. The molecule has 0 unspecified atom stereocenters. The SMILES string of the molecule is CC(=O)[C@@H]1CC[C@](C)(C(=O)O)C1(C)C. The molecule has 0 radical (unpaired) electrons. The number of hydrogen-bond acceptors (Lipinski definition) is 2. The number of ketones is 1. The Balaban J connectivity index is 3.08. The first-order chi connectivity index (χ1) is 6.23. The Bertz CT molecular complexity index is 280. The molecule has 1 N–H and O–H groups in total. The van der Waals surface area contributed by atoms with Crippen molar-refractivity contribution in [3.63, 3.8) is 0 Å². The normalized spacial score (nSPS) is 35.6. The smallest absolute Gasteiger partial charge is 0.309 e. The fraction of sp³-hybridized carbons (Fsp3) is 0.818. The second kappa shape index (κ2) is 3.07. The van der Waals surface area contributed by atoms with E-state index >= 15 is 0 Å². The van der Waals surface area contributed by atoms with Crippen LogP contribution < -0.4 is 0 Å². The van der Waals surface area contributed by atoms with Gasteiger partial charge in [-0.2, -0.15) is 0 Å². The molecule has 1 saturated carbocycles. The van der Waals surface area contributed by atoms with Crippen LogP contribution in [0.5, 0.6) is 0 Å². The van der Waals surface area contributed by atoms with Crippen LogP contribution in [0.3, 0.4) is 0 Å². The zero-order valence-electron chi connectivity index (χ0n) is 9.26. The molecule has 1 aliphatic carbocycles. The van der Waals surface area contributed by atoms with Gasteiger partial charge in [-0.25, -0.2) is 0 Å². The van der Waals surface area contributed by atoms with Crippen LogP contribution >= 0.6 is 0 Å². The number of Topliss-reactive ketones (excluding diaryl/α,β-unsaturated/α-hetero) is 1. The number of rotatable bonds is 2. The summed E-state index contributed by atoms with van der Waals surface area (Å²) in [6.45, 7) is 7.08. The predicted octanol–water partition coefficient (Wildman–Crippen LogP) is 2.10. The van der Waals surface area contributed by atoms with E-state index in [1.807, 2.05) is 13.8 Å². The molecule has 2 atom stereocenters. The molecular formula is C11H18O3. The van der Waals surface area contributed by atoms with Crippen molar-refractivity contribution in [1.82, 2.24) is 0 Å². The summed E-state index contributed by atoms with van der Waals surface area (Å²) in [4.78, 5) is 22.6. The van der Waals surface area contributed by atoms with Gasteiger partial charge in [-0.05, 0) is 32.1 Å². The molecule has 0 aromatic carbocycles. The number of carboxylic acid groups (broad SMARTS) is 1. The molecule has 0 amide bonds. The topological polar surface area (TPSA) is 54.4 Å². The molecule has 14 heavy (non-hydrogen) atoms. The van der Waals surface area contributed by atoms with Gasteiger partial charge in [0.25, 0.3) is 0 Å². The maximum absolute atomic E-state index is 11.4. The van der Waals surface area contributed by atoms with Gasteiger partial charge in [-0.3, -0.25) is 9.59 Å². The van der Waals surface area contributed by atoms with Gasteiger partial charge in [0.2, 0.25) is 0 Å². The Kier molecular flexibility index (Phi) is 2.46. The van der Waals surface area contributed by atoms with E-state index in [0.717, 1.165) is 0 Å². The lowest BCUT2D eigenvalue weighted by atomic mass is 9.65. The highest BCUT2D eigenvalue weighted by molar-refractivity contribution is 5.83. The van der Waals surface area contributed by atoms with Crippen LogP contribution in [0.1, 0.15) is 40.5 Å². The molecule has 0 aromatic heterocycles. The largest absolute Gasteiger partial charge is 0.481 e. The summed E-state index contributed by atoms with van der Waals surface area (Å²) in [6.07, 6.45) is 1.30. The van der Waals surface area contributed by atoms with Crippen LogP contribution in [-0.2, 0) is 9.59 Å². The summed E-state index contributed by atoms with van der Waals surface area (Å²) in [5, 5.41) is 9.20. The van der Waals surface area contributed by atoms with Crippen LogP contribution in [0.4, 0.5) is 0 Å². The molecule has 3 heteroatoms. The van der Waals surface area contributed by atoms with Gasteiger partial charge < -0.3 is 5.11 Å². The molecule has 0 heterocycles. The Morgan fingerprint density at radius 1 is 1.29 bits per heavy atom. The minimum atomic E-state index is -0.786. The highest BCUT2D eigenvalue weighted by Gasteiger charge is 2.57. The maximum atomic E-state index is 11.4. The number of hydrogen-bond donors (Lipinski definition) is 1. The number of carboxylic acids is 1. The summed E-state index contributed by atoms with van der Waals surface area (Å²) in [6, 6.07) is 0.